The van der Waals surface area contributed by atoms with Crippen LogP contribution >= 0.6 is 27.3 Å². The van der Waals surface area contributed by atoms with Gasteiger partial charge in [0, 0.05) is 33.5 Å². The van der Waals surface area contributed by atoms with E-state index in [1.165, 1.54) is 11.3 Å². The standard InChI is InChI=1S/C15H10BrN3OS/c16-11-1-3-12(4-2-11)18-14(20)13-9-21-15(19-13)10-5-7-17-8-6-10/h1-9H,(H,18,20). The molecule has 104 valence electrons. The van der Waals surface area contributed by atoms with Crippen molar-refractivity contribution in [1.29, 1.82) is 0 Å². The number of thiazole rings is 1. The highest BCUT2D eigenvalue weighted by atomic mass is 79.9. The number of amides is 1. The topological polar surface area (TPSA) is 54.9 Å². The third-order valence-electron chi connectivity index (χ3n) is 2.77. The molecule has 1 N–H and O–H groups in total. The van der Waals surface area contributed by atoms with Crippen LogP contribution in [0.1, 0.15) is 10.5 Å². The molecule has 0 saturated heterocycles. The second-order valence-electron chi connectivity index (χ2n) is 4.23. The molecule has 1 aromatic carbocycles. The molecule has 3 aromatic rings. The van der Waals surface area contributed by atoms with E-state index in [2.05, 4.69) is 31.2 Å². The van der Waals surface area contributed by atoms with Gasteiger partial charge in [-0.15, -0.1) is 11.3 Å². The van der Waals surface area contributed by atoms with E-state index < -0.39 is 0 Å². The molecule has 1 amide bonds. The van der Waals surface area contributed by atoms with Gasteiger partial charge in [0.25, 0.3) is 5.91 Å². The summed E-state index contributed by atoms with van der Waals surface area (Å²) in [7, 11) is 0. The molecule has 3 rings (SSSR count). The molecule has 2 aromatic heterocycles. The molecule has 0 radical (unpaired) electrons. The Balaban J connectivity index is 1.77. The van der Waals surface area contributed by atoms with E-state index in [1.807, 2.05) is 36.4 Å². The summed E-state index contributed by atoms with van der Waals surface area (Å²) in [5, 5.41) is 5.38. The van der Waals surface area contributed by atoms with Crippen LogP contribution in [0.3, 0.4) is 0 Å². The number of carbonyl (C=O) groups excluding carboxylic acids is 1. The van der Waals surface area contributed by atoms with Gasteiger partial charge in [-0.25, -0.2) is 4.98 Å². The van der Waals surface area contributed by atoms with Crippen LogP contribution in [0.2, 0.25) is 0 Å². The van der Waals surface area contributed by atoms with Gasteiger partial charge in [-0.3, -0.25) is 9.78 Å². The van der Waals surface area contributed by atoms with Crippen molar-refractivity contribution in [2.75, 3.05) is 5.32 Å². The Hall–Kier alpha value is -2.05. The number of rotatable bonds is 3. The molecule has 2 heterocycles. The van der Waals surface area contributed by atoms with E-state index >= 15 is 0 Å². The molecule has 0 saturated carbocycles. The smallest absolute Gasteiger partial charge is 0.275 e. The average molecular weight is 360 g/mol. The zero-order chi connectivity index (χ0) is 14.7. The summed E-state index contributed by atoms with van der Waals surface area (Å²) in [6, 6.07) is 11.2. The minimum atomic E-state index is -0.214. The number of nitrogens with zero attached hydrogens (tertiary/aromatic N) is 2. The molecule has 0 fully saturated rings. The van der Waals surface area contributed by atoms with Gasteiger partial charge in [-0.05, 0) is 36.4 Å². The first-order chi connectivity index (χ1) is 10.2. The molecule has 0 unspecified atom stereocenters. The average Bonchev–Trinajstić information content (AvgIpc) is 3.00. The fourth-order valence-corrected chi connectivity index (χ4v) is 2.80. The van der Waals surface area contributed by atoms with Crippen LogP contribution in [-0.4, -0.2) is 15.9 Å². The Kier molecular flexibility index (Phi) is 4.08. The lowest BCUT2D eigenvalue weighted by Crippen LogP contribution is -2.12. The maximum absolute atomic E-state index is 12.2. The van der Waals surface area contributed by atoms with Crippen LogP contribution in [0, 0.1) is 0 Å². The fraction of sp³-hybridized carbons (Fsp3) is 0. The number of carbonyl (C=O) groups is 1. The zero-order valence-corrected chi connectivity index (χ0v) is 13.2. The lowest BCUT2D eigenvalue weighted by molar-refractivity contribution is 0.102. The quantitative estimate of drug-likeness (QED) is 0.761. The first-order valence-electron chi connectivity index (χ1n) is 6.15. The summed E-state index contributed by atoms with van der Waals surface area (Å²) in [6.07, 6.45) is 3.41. The normalized spacial score (nSPS) is 10.3. The highest BCUT2D eigenvalue weighted by molar-refractivity contribution is 9.10. The maximum Gasteiger partial charge on any atom is 0.275 e. The monoisotopic (exact) mass is 359 g/mol. The summed E-state index contributed by atoms with van der Waals surface area (Å²) in [5.41, 5.74) is 2.11. The summed E-state index contributed by atoms with van der Waals surface area (Å²) in [6.45, 7) is 0. The SMILES string of the molecule is O=C(Nc1ccc(Br)cc1)c1csc(-c2ccncc2)n1. The lowest BCUT2D eigenvalue weighted by atomic mass is 10.3. The zero-order valence-electron chi connectivity index (χ0n) is 10.8. The molecule has 0 aliphatic rings. The molecule has 0 bridgehead atoms. The van der Waals surface area contributed by atoms with Gasteiger partial charge in [0.2, 0.25) is 0 Å². The van der Waals surface area contributed by atoms with Gasteiger partial charge in [-0.1, -0.05) is 15.9 Å². The van der Waals surface area contributed by atoms with Gasteiger partial charge in [0.1, 0.15) is 10.7 Å². The van der Waals surface area contributed by atoms with Crippen molar-refractivity contribution in [3.8, 4) is 10.6 Å². The van der Waals surface area contributed by atoms with Gasteiger partial charge in [0.05, 0.1) is 0 Å². The number of hydrogen-bond acceptors (Lipinski definition) is 4. The number of hydrogen-bond donors (Lipinski definition) is 1. The Morgan fingerprint density at radius 2 is 1.81 bits per heavy atom. The lowest BCUT2D eigenvalue weighted by Gasteiger charge is -2.02. The first-order valence-corrected chi connectivity index (χ1v) is 7.82. The molecule has 21 heavy (non-hydrogen) atoms. The predicted octanol–water partition coefficient (Wildman–Crippen LogP) is 4.22. The number of anilines is 1. The highest BCUT2D eigenvalue weighted by Crippen LogP contribution is 2.23. The minimum Gasteiger partial charge on any atom is -0.321 e. The second kappa shape index (κ2) is 6.15. The molecule has 6 heteroatoms. The van der Waals surface area contributed by atoms with Crippen molar-refractivity contribution < 1.29 is 4.79 Å². The Labute approximate surface area is 134 Å². The molecule has 4 nitrogen and oxygen atoms in total. The largest absolute Gasteiger partial charge is 0.321 e. The molecule has 0 aliphatic heterocycles. The van der Waals surface area contributed by atoms with E-state index in [0.717, 1.165) is 20.7 Å². The van der Waals surface area contributed by atoms with Gasteiger partial charge >= 0.3 is 0 Å². The van der Waals surface area contributed by atoms with Gasteiger partial charge in [0.15, 0.2) is 0 Å². The predicted molar refractivity (Wildman–Crippen MR) is 87.4 cm³/mol. The number of aromatic nitrogens is 2. The van der Waals surface area contributed by atoms with Crippen molar-refractivity contribution in [3.63, 3.8) is 0 Å². The van der Waals surface area contributed by atoms with Gasteiger partial charge in [-0.2, -0.15) is 0 Å². The molecule has 0 atom stereocenters. The second-order valence-corrected chi connectivity index (χ2v) is 6.01. The van der Waals surface area contributed by atoms with Gasteiger partial charge < -0.3 is 5.32 Å². The highest BCUT2D eigenvalue weighted by Gasteiger charge is 2.12. The summed E-state index contributed by atoms with van der Waals surface area (Å²) in [5.74, 6) is -0.214. The van der Waals surface area contributed by atoms with Crippen molar-refractivity contribution >= 4 is 38.9 Å². The van der Waals surface area contributed by atoms with Crippen LogP contribution < -0.4 is 5.32 Å². The Bertz CT molecular complexity index is 756. The summed E-state index contributed by atoms with van der Waals surface area (Å²) < 4.78 is 0.967. The van der Waals surface area contributed by atoms with E-state index in [-0.39, 0.29) is 5.91 Å². The number of pyridine rings is 1. The molecule has 0 spiro atoms. The van der Waals surface area contributed by atoms with Crippen molar-refractivity contribution in [1.82, 2.24) is 9.97 Å². The van der Waals surface area contributed by atoms with Crippen LogP contribution in [-0.2, 0) is 0 Å². The maximum atomic E-state index is 12.2. The van der Waals surface area contributed by atoms with E-state index in [4.69, 9.17) is 0 Å². The van der Waals surface area contributed by atoms with Crippen LogP contribution in [0.15, 0.2) is 58.6 Å². The van der Waals surface area contributed by atoms with Crippen LogP contribution in [0.5, 0.6) is 0 Å². The van der Waals surface area contributed by atoms with Crippen LogP contribution in [0.4, 0.5) is 5.69 Å². The molecule has 0 aliphatic carbocycles. The summed E-state index contributed by atoms with van der Waals surface area (Å²) in [4.78, 5) is 20.5. The van der Waals surface area contributed by atoms with E-state index in [9.17, 15) is 4.79 Å². The van der Waals surface area contributed by atoms with Crippen molar-refractivity contribution in [2.45, 2.75) is 0 Å². The van der Waals surface area contributed by atoms with Crippen molar-refractivity contribution in [2.24, 2.45) is 0 Å². The van der Waals surface area contributed by atoms with Crippen molar-refractivity contribution in [3.05, 3.63) is 64.3 Å². The van der Waals surface area contributed by atoms with E-state index in [1.54, 1.807) is 17.8 Å². The molecular formula is C15H10BrN3OS. The minimum absolute atomic E-state index is 0.214. The molecular weight excluding hydrogens is 350 g/mol. The third-order valence-corrected chi connectivity index (χ3v) is 4.19. The number of benzene rings is 1. The Morgan fingerprint density at radius 3 is 2.52 bits per heavy atom. The first kappa shape index (κ1) is 13.9. The number of nitrogens with one attached hydrogen (secondary N) is 1. The number of halogens is 1. The van der Waals surface area contributed by atoms with Crippen LogP contribution in [0.25, 0.3) is 10.6 Å². The fourth-order valence-electron chi connectivity index (χ4n) is 1.73. The van der Waals surface area contributed by atoms with E-state index in [0.29, 0.717) is 5.69 Å². The Morgan fingerprint density at radius 1 is 1.10 bits per heavy atom. The summed E-state index contributed by atoms with van der Waals surface area (Å²) >= 11 is 4.79. The third kappa shape index (κ3) is 3.34.